The highest BCUT2D eigenvalue weighted by molar-refractivity contribution is 5.83. The monoisotopic (exact) mass is 495 g/mol. The SMILES string of the molecule is COc1ccccc1C(NC(=O)C1CCN(CCOc2ccc3ccccc3c2)CC1)c1ccccn1. The molecule has 0 bridgehead atoms. The van der Waals surface area contributed by atoms with E-state index in [1.165, 1.54) is 10.8 Å². The number of nitrogens with one attached hydrogen (secondary N) is 1. The number of likely N-dealkylation sites (tertiary alicyclic amines) is 1. The normalized spacial score (nSPS) is 15.3. The van der Waals surface area contributed by atoms with Crippen LogP contribution in [0.3, 0.4) is 0 Å². The zero-order chi connectivity index (χ0) is 25.5. The molecule has 1 N–H and O–H groups in total. The quantitative estimate of drug-likeness (QED) is 0.344. The number of carbonyl (C=O) groups excluding carboxylic acids is 1. The summed E-state index contributed by atoms with van der Waals surface area (Å²) >= 11 is 0. The van der Waals surface area contributed by atoms with E-state index in [-0.39, 0.29) is 17.9 Å². The third kappa shape index (κ3) is 6.09. The van der Waals surface area contributed by atoms with E-state index in [1.54, 1.807) is 13.3 Å². The molecule has 1 aliphatic heterocycles. The summed E-state index contributed by atoms with van der Waals surface area (Å²) in [5.41, 5.74) is 1.70. The number of carbonyl (C=O) groups is 1. The lowest BCUT2D eigenvalue weighted by molar-refractivity contribution is -0.127. The molecular weight excluding hydrogens is 462 g/mol. The predicted octanol–water partition coefficient (Wildman–Crippen LogP) is 5.24. The Bertz CT molecular complexity index is 1320. The molecule has 1 amide bonds. The van der Waals surface area contributed by atoms with Gasteiger partial charge < -0.3 is 14.8 Å². The zero-order valence-electron chi connectivity index (χ0n) is 21.2. The summed E-state index contributed by atoms with van der Waals surface area (Å²) < 4.78 is 11.6. The van der Waals surface area contributed by atoms with Crippen LogP contribution in [-0.4, -0.2) is 49.1 Å². The summed E-state index contributed by atoms with van der Waals surface area (Å²) in [4.78, 5) is 20.2. The summed E-state index contributed by atoms with van der Waals surface area (Å²) in [6, 6.07) is 27.7. The standard InChI is InChI=1S/C31H33N3O3/c1-36-29-12-5-4-10-27(29)30(28-11-6-7-17-32-28)33-31(35)24-15-18-34(19-16-24)20-21-37-26-14-13-23-8-2-3-9-25(23)22-26/h2-14,17,22,24,30H,15-16,18-21H2,1H3,(H,33,35). The number of para-hydroxylation sites is 1. The molecule has 6 nitrogen and oxygen atoms in total. The molecule has 1 atom stereocenters. The van der Waals surface area contributed by atoms with E-state index in [0.717, 1.165) is 55.2 Å². The van der Waals surface area contributed by atoms with Crippen LogP contribution in [0.4, 0.5) is 0 Å². The van der Waals surface area contributed by atoms with E-state index >= 15 is 0 Å². The molecular formula is C31H33N3O3. The maximum absolute atomic E-state index is 13.3. The Morgan fingerprint density at radius 3 is 2.51 bits per heavy atom. The van der Waals surface area contributed by atoms with Crippen LogP contribution < -0.4 is 14.8 Å². The second-order valence-electron chi connectivity index (χ2n) is 9.41. The van der Waals surface area contributed by atoms with Gasteiger partial charge in [-0.3, -0.25) is 14.7 Å². The molecule has 1 aromatic heterocycles. The van der Waals surface area contributed by atoms with Gasteiger partial charge in [0.2, 0.25) is 5.91 Å². The lowest BCUT2D eigenvalue weighted by Gasteiger charge is -2.32. The number of aromatic nitrogens is 1. The molecule has 1 fully saturated rings. The van der Waals surface area contributed by atoms with Crippen LogP contribution in [0, 0.1) is 5.92 Å². The van der Waals surface area contributed by atoms with Gasteiger partial charge in [0.15, 0.2) is 0 Å². The second kappa shape index (κ2) is 11.9. The van der Waals surface area contributed by atoms with Gasteiger partial charge in [0.1, 0.15) is 18.1 Å². The molecule has 0 saturated carbocycles. The van der Waals surface area contributed by atoms with Crippen LogP contribution in [0.15, 0.2) is 91.1 Å². The molecule has 1 aliphatic rings. The third-order valence-electron chi connectivity index (χ3n) is 7.08. The van der Waals surface area contributed by atoms with Gasteiger partial charge in [0.25, 0.3) is 0 Å². The van der Waals surface area contributed by atoms with Gasteiger partial charge in [0, 0.05) is 24.2 Å². The second-order valence-corrected chi connectivity index (χ2v) is 9.41. The Hall–Kier alpha value is -3.90. The van der Waals surface area contributed by atoms with E-state index < -0.39 is 0 Å². The van der Waals surface area contributed by atoms with Crippen molar-refractivity contribution in [2.45, 2.75) is 18.9 Å². The average Bonchev–Trinajstić information content (AvgIpc) is 2.96. The molecule has 1 unspecified atom stereocenters. The zero-order valence-corrected chi connectivity index (χ0v) is 21.2. The van der Waals surface area contributed by atoms with Crippen molar-refractivity contribution < 1.29 is 14.3 Å². The van der Waals surface area contributed by atoms with Crippen molar-refractivity contribution in [3.05, 3.63) is 102 Å². The van der Waals surface area contributed by atoms with Crippen molar-refractivity contribution in [2.24, 2.45) is 5.92 Å². The molecule has 3 aromatic carbocycles. The maximum atomic E-state index is 13.3. The molecule has 4 aromatic rings. The molecule has 6 heteroatoms. The number of piperidine rings is 1. The van der Waals surface area contributed by atoms with Gasteiger partial charge in [-0.1, -0.05) is 54.6 Å². The molecule has 37 heavy (non-hydrogen) atoms. The summed E-state index contributed by atoms with van der Waals surface area (Å²) in [6.07, 6.45) is 3.40. The molecule has 190 valence electrons. The first-order chi connectivity index (χ1) is 18.2. The molecule has 0 aliphatic carbocycles. The van der Waals surface area contributed by atoms with Gasteiger partial charge >= 0.3 is 0 Å². The van der Waals surface area contributed by atoms with E-state index in [1.807, 2.05) is 60.7 Å². The summed E-state index contributed by atoms with van der Waals surface area (Å²) in [6.45, 7) is 3.23. The Morgan fingerprint density at radius 1 is 0.973 bits per heavy atom. The van der Waals surface area contributed by atoms with Crippen LogP contribution in [-0.2, 0) is 4.79 Å². The van der Waals surface area contributed by atoms with E-state index in [9.17, 15) is 4.79 Å². The van der Waals surface area contributed by atoms with Crippen molar-refractivity contribution in [1.82, 2.24) is 15.2 Å². The minimum absolute atomic E-state index is 0.0291. The molecule has 1 saturated heterocycles. The van der Waals surface area contributed by atoms with E-state index in [4.69, 9.17) is 9.47 Å². The van der Waals surface area contributed by atoms with Gasteiger partial charge in [-0.2, -0.15) is 0 Å². The Morgan fingerprint density at radius 2 is 1.73 bits per heavy atom. The van der Waals surface area contributed by atoms with E-state index in [2.05, 4.69) is 39.5 Å². The number of pyridine rings is 1. The number of hydrogen-bond donors (Lipinski definition) is 1. The van der Waals surface area contributed by atoms with Crippen molar-refractivity contribution in [3.63, 3.8) is 0 Å². The summed E-state index contributed by atoms with van der Waals surface area (Å²) in [5, 5.41) is 5.66. The fraction of sp³-hybridized carbons (Fsp3) is 0.290. The third-order valence-corrected chi connectivity index (χ3v) is 7.08. The molecule has 0 radical (unpaired) electrons. The Labute approximate surface area is 218 Å². The largest absolute Gasteiger partial charge is 0.496 e. The van der Waals surface area contributed by atoms with Crippen molar-refractivity contribution in [3.8, 4) is 11.5 Å². The van der Waals surface area contributed by atoms with Crippen LogP contribution >= 0.6 is 0 Å². The minimum Gasteiger partial charge on any atom is -0.496 e. The van der Waals surface area contributed by atoms with Crippen molar-refractivity contribution >= 4 is 16.7 Å². The Kier molecular flexibility index (Phi) is 7.96. The topological polar surface area (TPSA) is 63.7 Å². The number of nitrogens with zero attached hydrogens (tertiary/aromatic N) is 2. The number of fused-ring (bicyclic) bond motifs is 1. The van der Waals surface area contributed by atoms with Crippen LogP contribution in [0.2, 0.25) is 0 Å². The highest BCUT2D eigenvalue weighted by Gasteiger charge is 2.28. The van der Waals surface area contributed by atoms with Crippen molar-refractivity contribution in [1.29, 1.82) is 0 Å². The number of hydrogen-bond acceptors (Lipinski definition) is 5. The van der Waals surface area contributed by atoms with E-state index in [0.29, 0.717) is 6.61 Å². The van der Waals surface area contributed by atoms with Crippen molar-refractivity contribution in [2.75, 3.05) is 33.4 Å². The molecule has 2 heterocycles. The van der Waals surface area contributed by atoms with Crippen LogP contribution in [0.1, 0.15) is 30.1 Å². The summed E-state index contributed by atoms with van der Waals surface area (Å²) in [5.74, 6) is 1.66. The highest BCUT2D eigenvalue weighted by atomic mass is 16.5. The van der Waals surface area contributed by atoms with Gasteiger partial charge in [-0.15, -0.1) is 0 Å². The van der Waals surface area contributed by atoms with Gasteiger partial charge in [-0.05, 0) is 67.0 Å². The fourth-order valence-electron chi connectivity index (χ4n) is 4.99. The smallest absolute Gasteiger partial charge is 0.224 e. The fourth-order valence-corrected chi connectivity index (χ4v) is 4.99. The summed E-state index contributed by atoms with van der Waals surface area (Å²) in [7, 11) is 1.65. The first-order valence-corrected chi connectivity index (χ1v) is 12.9. The number of rotatable bonds is 9. The predicted molar refractivity (Wildman–Crippen MR) is 146 cm³/mol. The first kappa shape index (κ1) is 24.8. The first-order valence-electron chi connectivity index (χ1n) is 12.9. The molecule has 5 rings (SSSR count). The average molecular weight is 496 g/mol. The number of ether oxygens (including phenoxy) is 2. The lowest BCUT2D eigenvalue weighted by atomic mass is 9.94. The number of benzene rings is 3. The van der Waals surface area contributed by atoms with Gasteiger partial charge in [-0.25, -0.2) is 0 Å². The highest BCUT2D eigenvalue weighted by Crippen LogP contribution is 2.30. The minimum atomic E-state index is -0.363. The number of methoxy groups -OCH3 is 1. The Balaban J connectivity index is 1.15. The lowest BCUT2D eigenvalue weighted by Crippen LogP contribution is -2.43. The maximum Gasteiger partial charge on any atom is 0.224 e. The number of amides is 1. The molecule has 0 spiro atoms. The van der Waals surface area contributed by atoms with Crippen LogP contribution in [0.5, 0.6) is 11.5 Å². The van der Waals surface area contributed by atoms with Crippen LogP contribution in [0.25, 0.3) is 10.8 Å². The van der Waals surface area contributed by atoms with Gasteiger partial charge in [0.05, 0.1) is 18.8 Å².